The van der Waals surface area contributed by atoms with E-state index in [1.807, 2.05) is 0 Å². The number of hydrogen-bond acceptors (Lipinski definition) is 7. The van der Waals surface area contributed by atoms with Crippen LogP contribution in [0, 0.1) is 11.3 Å². The molecule has 1 saturated heterocycles. The molecule has 11 heteroatoms. The maximum atomic E-state index is 13.3. The number of halogens is 2. The molecule has 200 valence electrons. The summed E-state index contributed by atoms with van der Waals surface area (Å²) in [7, 11) is 1.38. The van der Waals surface area contributed by atoms with Gasteiger partial charge in [0.1, 0.15) is 35.1 Å². The van der Waals surface area contributed by atoms with Gasteiger partial charge in [-0.2, -0.15) is 14.0 Å². The highest BCUT2D eigenvalue weighted by Crippen LogP contribution is 2.37. The first-order chi connectivity index (χ1) is 18.5. The molecule has 3 aromatic rings. The molecule has 1 N–H and O–H groups in total. The number of alkyl halides is 2. The van der Waals surface area contributed by atoms with E-state index in [-0.39, 0.29) is 29.1 Å². The van der Waals surface area contributed by atoms with Gasteiger partial charge in [0.25, 0.3) is 5.91 Å². The van der Waals surface area contributed by atoms with Gasteiger partial charge in [-0.15, -0.1) is 0 Å². The Morgan fingerprint density at radius 2 is 2.05 bits per heavy atom. The molecular weight excluding hydrogens is 496 g/mol. The number of benzene rings is 1. The summed E-state index contributed by atoms with van der Waals surface area (Å²) in [5.74, 6) is -0.0151. The maximum absolute atomic E-state index is 13.3. The summed E-state index contributed by atoms with van der Waals surface area (Å²) in [6.45, 7) is -1.36. The van der Waals surface area contributed by atoms with E-state index in [4.69, 9.17) is 19.5 Å². The molecule has 1 saturated carbocycles. The van der Waals surface area contributed by atoms with E-state index in [2.05, 4.69) is 21.3 Å². The van der Waals surface area contributed by atoms with Gasteiger partial charge in [-0.25, -0.2) is 4.98 Å². The summed E-state index contributed by atoms with van der Waals surface area (Å²) in [6.07, 6.45) is 8.28. The Morgan fingerprint density at radius 3 is 2.79 bits per heavy atom. The van der Waals surface area contributed by atoms with Crippen LogP contribution in [-0.2, 0) is 0 Å². The van der Waals surface area contributed by atoms with Crippen LogP contribution in [0.4, 0.5) is 8.78 Å². The van der Waals surface area contributed by atoms with Crippen LogP contribution in [-0.4, -0.2) is 65.7 Å². The van der Waals surface area contributed by atoms with Crippen molar-refractivity contribution >= 4 is 11.6 Å². The van der Waals surface area contributed by atoms with Gasteiger partial charge in [-0.3, -0.25) is 14.1 Å². The predicted molar refractivity (Wildman–Crippen MR) is 135 cm³/mol. The lowest BCUT2D eigenvalue weighted by Gasteiger charge is -2.33. The third-order valence-electron chi connectivity index (χ3n) is 6.89. The van der Waals surface area contributed by atoms with Crippen molar-refractivity contribution in [1.29, 1.82) is 5.26 Å². The van der Waals surface area contributed by atoms with Crippen molar-refractivity contribution in [2.45, 2.75) is 50.8 Å². The number of ether oxygens (including phenoxy) is 3. The van der Waals surface area contributed by atoms with Crippen LogP contribution in [0.15, 0.2) is 36.7 Å². The minimum absolute atomic E-state index is 0.0361. The number of rotatable bonds is 10. The van der Waals surface area contributed by atoms with E-state index < -0.39 is 12.5 Å². The number of methoxy groups -OCH3 is 1. The van der Waals surface area contributed by atoms with E-state index in [1.54, 1.807) is 35.0 Å². The first kappa shape index (κ1) is 25.7. The van der Waals surface area contributed by atoms with E-state index in [0.29, 0.717) is 35.8 Å². The maximum Gasteiger partial charge on any atom is 0.387 e. The van der Waals surface area contributed by atoms with Gasteiger partial charge < -0.3 is 19.5 Å². The molecule has 1 unspecified atom stereocenters. The lowest BCUT2D eigenvalue weighted by atomic mass is 10.0. The number of imidazole rings is 1. The largest absolute Gasteiger partial charge is 0.496 e. The second-order valence-electron chi connectivity index (χ2n) is 9.50. The number of carbonyl (C=O) groups excluding carboxylic acids is 1. The molecule has 0 radical (unpaired) electrons. The summed E-state index contributed by atoms with van der Waals surface area (Å²) < 4.78 is 44.6. The normalized spacial score (nSPS) is 17.8. The number of nitrogens with zero attached hydrogens (tertiary/aromatic N) is 4. The molecule has 1 atom stereocenters. The van der Waals surface area contributed by atoms with Crippen LogP contribution in [0.1, 0.15) is 42.5 Å². The number of piperidine rings is 1. The number of aromatic nitrogens is 2. The standard InChI is InChI=1S/C27H29F2N5O4/c1-36-22-12-17(13-23(38-27(28)29)25(22)26(35)32-18-5-6-18)21-15-31-24-14-20(7-10-34(21)24)37-16-19-4-2-3-9-33(19)11-8-30/h7,10,12-15,18-19,27H,2-6,9,11,16H2,1H3,(H,32,35). The number of nitriles is 1. The molecule has 1 aromatic carbocycles. The Hall–Kier alpha value is -3.91. The van der Waals surface area contributed by atoms with E-state index in [0.717, 1.165) is 38.6 Å². The zero-order chi connectivity index (χ0) is 26.6. The number of hydrogen-bond donors (Lipinski definition) is 1. The van der Waals surface area contributed by atoms with Crippen molar-refractivity contribution in [1.82, 2.24) is 19.6 Å². The summed E-state index contributed by atoms with van der Waals surface area (Å²) in [5, 5.41) is 11.9. The van der Waals surface area contributed by atoms with Crippen LogP contribution in [0.25, 0.3) is 16.9 Å². The Morgan fingerprint density at radius 1 is 1.24 bits per heavy atom. The van der Waals surface area contributed by atoms with Gasteiger partial charge in [0.05, 0.1) is 31.6 Å². The zero-order valence-electron chi connectivity index (χ0n) is 21.0. The first-order valence-corrected chi connectivity index (χ1v) is 12.7. The van der Waals surface area contributed by atoms with Crippen LogP contribution in [0.5, 0.6) is 17.2 Å². The molecule has 0 bridgehead atoms. The molecular formula is C27H29F2N5O4. The number of likely N-dealkylation sites (tertiary alicyclic amines) is 1. The average Bonchev–Trinajstić information content (AvgIpc) is 3.62. The monoisotopic (exact) mass is 525 g/mol. The van der Waals surface area contributed by atoms with Crippen LogP contribution in [0.2, 0.25) is 0 Å². The Bertz CT molecular complexity index is 1350. The smallest absolute Gasteiger partial charge is 0.387 e. The van der Waals surface area contributed by atoms with Gasteiger partial charge in [0.2, 0.25) is 0 Å². The van der Waals surface area contributed by atoms with E-state index >= 15 is 0 Å². The van der Waals surface area contributed by atoms with Gasteiger partial charge in [0, 0.05) is 29.9 Å². The van der Waals surface area contributed by atoms with Crippen LogP contribution < -0.4 is 19.5 Å². The lowest BCUT2D eigenvalue weighted by Crippen LogP contribution is -2.43. The van der Waals surface area contributed by atoms with Crippen LogP contribution >= 0.6 is 0 Å². The zero-order valence-corrected chi connectivity index (χ0v) is 21.0. The molecule has 0 spiro atoms. The second kappa shape index (κ2) is 11.2. The van der Waals surface area contributed by atoms with Crippen molar-refractivity contribution in [2.24, 2.45) is 0 Å². The van der Waals surface area contributed by atoms with Crippen molar-refractivity contribution in [2.75, 3.05) is 26.8 Å². The molecule has 1 aliphatic carbocycles. The molecule has 2 aliphatic rings. The van der Waals surface area contributed by atoms with Crippen molar-refractivity contribution in [3.63, 3.8) is 0 Å². The summed E-state index contributed by atoms with van der Waals surface area (Å²) >= 11 is 0. The fraction of sp³-hybridized carbons (Fsp3) is 0.444. The average molecular weight is 526 g/mol. The number of pyridine rings is 1. The quantitative estimate of drug-likeness (QED) is 0.395. The highest BCUT2D eigenvalue weighted by Gasteiger charge is 2.29. The van der Waals surface area contributed by atoms with Gasteiger partial charge in [-0.1, -0.05) is 6.42 Å². The number of nitrogens with one attached hydrogen (secondary N) is 1. The SMILES string of the molecule is COc1cc(-c2cnc3cc(OCC4CCCCN4CC#N)ccn23)cc(OC(F)F)c1C(=O)NC1CC1. The molecule has 2 fully saturated rings. The summed E-state index contributed by atoms with van der Waals surface area (Å²) in [6, 6.07) is 9.07. The van der Waals surface area contributed by atoms with Gasteiger partial charge in [0.15, 0.2) is 0 Å². The molecule has 1 amide bonds. The third-order valence-corrected chi connectivity index (χ3v) is 6.89. The number of carbonyl (C=O) groups is 1. The molecule has 2 aromatic heterocycles. The molecule has 3 heterocycles. The molecule has 5 rings (SSSR count). The minimum atomic E-state index is -3.11. The molecule has 9 nitrogen and oxygen atoms in total. The summed E-state index contributed by atoms with van der Waals surface area (Å²) in [4.78, 5) is 19.4. The Labute approximate surface area is 218 Å². The number of amides is 1. The second-order valence-corrected chi connectivity index (χ2v) is 9.50. The highest BCUT2D eigenvalue weighted by atomic mass is 19.3. The topological polar surface area (TPSA) is 101 Å². The van der Waals surface area contributed by atoms with Gasteiger partial charge >= 0.3 is 6.61 Å². The summed E-state index contributed by atoms with van der Waals surface area (Å²) in [5.41, 5.74) is 1.63. The Balaban J connectivity index is 1.41. The molecule has 38 heavy (non-hydrogen) atoms. The van der Waals surface area contributed by atoms with Crippen molar-refractivity contribution in [3.8, 4) is 34.6 Å². The van der Waals surface area contributed by atoms with Crippen molar-refractivity contribution < 1.29 is 27.8 Å². The molecule has 1 aliphatic heterocycles. The fourth-order valence-electron chi connectivity index (χ4n) is 4.80. The van der Waals surface area contributed by atoms with E-state index in [9.17, 15) is 13.6 Å². The van der Waals surface area contributed by atoms with E-state index in [1.165, 1.54) is 13.2 Å². The van der Waals surface area contributed by atoms with Crippen molar-refractivity contribution in [3.05, 3.63) is 42.2 Å². The Kier molecular flexibility index (Phi) is 7.60. The number of fused-ring (bicyclic) bond motifs is 1. The minimum Gasteiger partial charge on any atom is -0.496 e. The predicted octanol–water partition coefficient (Wildman–Crippen LogP) is 4.26. The highest BCUT2D eigenvalue weighted by molar-refractivity contribution is 6.01. The lowest BCUT2D eigenvalue weighted by molar-refractivity contribution is -0.0502. The fourth-order valence-corrected chi connectivity index (χ4v) is 4.80. The third kappa shape index (κ3) is 5.65. The van der Waals surface area contributed by atoms with Gasteiger partial charge in [-0.05, 0) is 50.4 Å². The van der Waals surface area contributed by atoms with Crippen LogP contribution in [0.3, 0.4) is 0 Å². The first-order valence-electron chi connectivity index (χ1n) is 12.7.